The third-order valence-electron chi connectivity index (χ3n) is 3.90. The number of ether oxygens (including phenoxy) is 4. The number of rotatable bonds is 4. The van der Waals surface area contributed by atoms with E-state index in [1.807, 2.05) is 24.3 Å². The maximum atomic E-state index is 11.7. The van der Waals surface area contributed by atoms with Gasteiger partial charge >= 0.3 is 17.9 Å². The standard InChI is InChI=1S/C18H19NO7S/c1-9(20)24-13-8-23-17(16(26-11(3)22)15(13)25-10(2)21)18-19-12-6-4-5-7-14(12)27-18/h4-7,13,15-17H,8H2,1-3H3/t13-,15-,16+,17+/m0/s1. The SMILES string of the molecule is CC(=O)O[C@@H]1[C@@H](OC(C)=O)[C@H](c2nc3ccccc3s2)OC[C@@H]1OC(C)=O. The fraction of sp³-hybridized carbons (Fsp3) is 0.444. The number of hydrogen-bond donors (Lipinski definition) is 0. The van der Waals surface area contributed by atoms with Crippen molar-refractivity contribution < 1.29 is 33.3 Å². The Bertz CT molecular complexity index is 831. The van der Waals surface area contributed by atoms with E-state index in [-0.39, 0.29) is 6.61 Å². The van der Waals surface area contributed by atoms with E-state index in [9.17, 15) is 14.4 Å². The zero-order valence-electron chi connectivity index (χ0n) is 15.0. The summed E-state index contributed by atoms with van der Waals surface area (Å²) in [6.45, 7) is 3.70. The van der Waals surface area contributed by atoms with Crippen LogP contribution in [0.4, 0.5) is 0 Å². The Kier molecular flexibility index (Phi) is 5.71. The van der Waals surface area contributed by atoms with Crippen molar-refractivity contribution >= 4 is 39.5 Å². The quantitative estimate of drug-likeness (QED) is 0.575. The fourth-order valence-electron chi connectivity index (χ4n) is 2.96. The van der Waals surface area contributed by atoms with Crippen molar-refractivity contribution in [2.75, 3.05) is 6.61 Å². The van der Waals surface area contributed by atoms with E-state index in [2.05, 4.69) is 4.98 Å². The molecule has 144 valence electrons. The van der Waals surface area contributed by atoms with Gasteiger partial charge in [0.2, 0.25) is 0 Å². The molecule has 1 saturated heterocycles. The van der Waals surface area contributed by atoms with E-state index >= 15 is 0 Å². The maximum Gasteiger partial charge on any atom is 0.303 e. The number of para-hydroxylation sites is 1. The number of benzene rings is 1. The molecule has 1 aromatic heterocycles. The molecule has 1 aromatic carbocycles. The van der Waals surface area contributed by atoms with E-state index in [1.165, 1.54) is 32.1 Å². The van der Waals surface area contributed by atoms with Crippen molar-refractivity contribution in [1.82, 2.24) is 4.98 Å². The molecule has 0 unspecified atom stereocenters. The smallest absolute Gasteiger partial charge is 0.303 e. The van der Waals surface area contributed by atoms with E-state index in [1.54, 1.807) is 0 Å². The van der Waals surface area contributed by atoms with Gasteiger partial charge in [0.05, 0.1) is 16.8 Å². The molecule has 9 heteroatoms. The maximum absolute atomic E-state index is 11.7. The first-order valence-corrected chi connectivity index (χ1v) is 9.15. The van der Waals surface area contributed by atoms with Gasteiger partial charge in [-0.05, 0) is 12.1 Å². The summed E-state index contributed by atoms with van der Waals surface area (Å²) >= 11 is 1.40. The van der Waals surface area contributed by atoms with Gasteiger partial charge in [0.1, 0.15) is 11.1 Å². The zero-order chi connectivity index (χ0) is 19.6. The van der Waals surface area contributed by atoms with Crippen molar-refractivity contribution in [2.45, 2.75) is 45.2 Å². The lowest BCUT2D eigenvalue weighted by molar-refractivity contribution is -0.227. The lowest BCUT2D eigenvalue weighted by Gasteiger charge is -2.39. The van der Waals surface area contributed by atoms with Gasteiger partial charge in [0, 0.05) is 20.8 Å². The number of hydrogen-bond acceptors (Lipinski definition) is 9. The monoisotopic (exact) mass is 393 g/mol. The highest BCUT2D eigenvalue weighted by Gasteiger charge is 2.48. The Morgan fingerprint density at radius 3 is 2.26 bits per heavy atom. The lowest BCUT2D eigenvalue weighted by Crippen LogP contribution is -2.54. The highest BCUT2D eigenvalue weighted by Crippen LogP contribution is 2.37. The number of carbonyl (C=O) groups is 3. The molecule has 2 aromatic rings. The molecular formula is C18H19NO7S. The van der Waals surface area contributed by atoms with Crippen molar-refractivity contribution in [3.8, 4) is 0 Å². The Labute approximate surface area is 159 Å². The summed E-state index contributed by atoms with van der Waals surface area (Å²) in [5.74, 6) is -1.71. The molecule has 1 fully saturated rings. The molecule has 0 amide bonds. The molecule has 27 heavy (non-hydrogen) atoms. The second-order valence-electron chi connectivity index (χ2n) is 6.07. The van der Waals surface area contributed by atoms with Crippen LogP contribution >= 0.6 is 11.3 Å². The van der Waals surface area contributed by atoms with Crippen molar-refractivity contribution in [3.05, 3.63) is 29.3 Å². The first-order chi connectivity index (χ1) is 12.8. The van der Waals surface area contributed by atoms with Crippen LogP contribution in [0, 0.1) is 0 Å². The van der Waals surface area contributed by atoms with Gasteiger partial charge in [0.15, 0.2) is 18.3 Å². The molecule has 4 atom stereocenters. The van der Waals surface area contributed by atoms with Crippen LogP contribution in [0.2, 0.25) is 0 Å². The Balaban J connectivity index is 1.97. The molecule has 0 radical (unpaired) electrons. The second-order valence-corrected chi connectivity index (χ2v) is 7.13. The first kappa shape index (κ1) is 19.2. The molecule has 1 aliphatic heterocycles. The van der Waals surface area contributed by atoms with Crippen molar-refractivity contribution in [3.63, 3.8) is 0 Å². The normalized spacial score (nSPS) is 25.0. The molecule has 1 aliphatic rings. The third-order valence-corrected chi connectivity index (χ3v) is 5.00. The summed E-state index contributed by atoms with van der Waals surface area (Å²) in [5, 5.41) is 0.584. The Hall–Kier alpha value is -2.52. The van der Waals surface area contributed by atoms with Crippen LogP contribution < -0.4 is 0 Å². The average Bonchev–Trinajstić information content (AvgIpc) is 3.00. The Morgan fingerprint density at radius 1 is 1.00 bits per heavy atom. The van der Waals surface area contributed by atoms with Crippen LogP contribution in [0.3, 0.4) is 0 Å². The summed E-state index contributed by atoms with van der Waals surface area (Å²) < 4.78 is 22.8. The van der Waals surface area contributed by atoms with E-state index in [4.69, 9.17) is 18.9 Å². The minimum Gasteiger partial charge on any atom is -0.456 e. The number of aromatic nitrogens is 1. The number of fused-ring (bicyclic) bond motifs is 1. The van der Waals surface area contributed by atoms with E-state index < -0.39 is 42.3 Å². The Morgan fingerprint density at radius 2 is 1.63 bits per heavy atom. The lowest BCUT2D eigenvalue weighted by atomic mass is 9.99. The van der Waals surface area contributed by atoms with Gasteiger partial charge in [-0.15, -0.1) is 11.3 Å². The van der Waals surface area contributed by atoms with E-state index in [0.29, 0.717) is 5.01 Å². The van der Waals surface area contributed by atoms with Gasteiger partial charge < -0.3 is 18.9 Å². The van der Waals surface area contributed by atoms with Crippen LogP contribution in [0.5, 0.6) is 0 Å². The number of thiazole rings is 1. The predicted octanol–water partition coefficient (Wildman–Crippen LogP) is 2.16. The van der Waals surface area contributed by atoms with Gasteiger partial charge in [-0.3, -0.25) is 14.4 Å². The van der Waals surface area contributed by atoms with Gasteiger partial charge in [-0.2, -0.15) is 0 Å². The molecule has 0 N–H and O–H groups in total. The summed E-state index contributed by atoms with van der Waals surface area (Å²) in [5.41, 5.74) is 0.786. The van der Waals surface area contributed by atoms with Crippen LogP contribution in [0.1, 0.15) is 31.9 Å². The molecule has 2 heterocycles. The predicted molar refractivity (Wildman–Crippen MR) is 95.0 cm³/mol. The van der Waals surface area contributed by atoms with Crippen molar-refractivity contribution in [1.29, 1.82) is 0 Å². The fourth-order valence-corrected chi connectivity index (χ4v) is 4.02. The van der Waals surface area contributed by atoms with Gasteiger partial charge in [-0.1, -0.05) is 12.1 Å². The minimum absolute atomic E-state index is 0.0180. The molecule has 0 spiro atoms. The highest BCUT2D eigenvalue weighted by molar-refractivity contribution is 7.18. The van der Waals surface area contributed by atoms with Gasteiger partial charge in [-0.25, -0.2) is 4.98 Å². The number of esters is 3. The summed E-state index contributed by atoms with van der Waals surface area (Å²) in [4.78, 5) is 39.2. The van der Waals surface area contributed by atoms with Gasteiger partial charge in [0.25, 0.3) is 0 Å². The second kappa shape index (κ2) is 8.01. The molecule has 0 aliphatic carbocycles. The third kappa shape index (κ3) is 4.42. The molecule has 3 rings (SSSR count). The minimum atomic E-state index is -0.999. The largest absolute Gasteiger partial charge is 0.456 e. The zero-order valence-corrected chi connectivity index (χ0v) is 15.9. The molecule has 0 saturated carbocycles. The topological polar surface area (TPSA) is 101 Å². The summed E-state index contributed by atoms with van der Waals surface area (Å²) in [6, 6.07) is 7.55. The van der Waals surface area contributed by atoms with Crippen LogP contribution in [0.15, 0.2) is 24.3 Å². The number of carbonyl (C=O) groups excluding carboxylic acids is 3. The summed E-state index contributed by atoms with van der Waals surface area (Å²) in [6.07, 6.45) is -3.63. The van der Waals surface area contributed by atoms with Crippen molar-refractivity contribution in [2.24, 2.45) is 0 Å². The van der Waals surface area contributed by atoms with Crippen LogP contribution in [-0.2, 0) is 33.3 Å². The summed E-state index contributed by atoms with van der Waals surface area (Å²) in [7, 11) is 0. The molecular weight excluding hydrogens is 374 g/mol. The molecule has 0 bridgehead atoms. The average molecular weight is 393 g/mol. The molecule has 8 nitrogen and oxygen atoms in total. The number of nitrogens with zero attached hydrogens (tertiary/aromatic N) is 1. The van der Waals surface area contributed by atoms with Crippen LogP contribution in [0.25, 0.3) is 10.2 Å². The highest BCUT2D eigenvalue weighted by atomic mass is 32.1. The van der Waals surface area contributed by atoms with E-state index in [0.717, 1.165) is 10.2 Å². The first-order valence-electron chi connectivity index (χ1n) is 8.34. The van der Waals surface area contributed by atoms with Crippen LogP contribution in [-0.4, -0.2) is 47.8 Å².